The minimum absolute atomic E-state index is 0.119. The number of carboxylic acids is 1. The van der Waals surface area contributed by atoms with Gasteiger partial charge in [0.25, 0.3) is 0 Å². The van der Waals surface area contributed by atoms with Crippen LogP contribution in [0.2, 0.25) is 0 Å². The topological polar surface area (TPSA) is 37.3 Å². The van der Waals surface area contributed by atoms with E-state index in [1.54, 1.807) is 0 Å². The quantitative estimate of drug-likeness (QED) is 0.659. The van der Waals surface area contributed by atoms with E-state index in [0.717, 1.165) is 18.4 Å². The monoisotopic (exact) mass is 170 g/mol. The van der Waals surface area contributed by atoms with Crippen molar-refractivity contribution in [3.8, 4) is 0 Å². The molecular formula is C10H18O2. The zero-order chi connectivity index (χ0) is 9.72. The molecule has 0 amide bonds. The highest BCUT2D eigenvalue weighted by atomic mass is 16.4. The lowest BCUT2D eigenvalue weighted by molar-refractivity contribution is -0.133. The molecule has 0 spiro atoms. The van der Waals surface area contributed by atoms with Crippen molar-refractivity contribution in [3.05, 3.63) is 11.1 Å². The van der Waals surface area contributed by atoms with Gasteiger partial charge in [0.15, 0.2) is 0 Å². The molecule has 0 aliphatic carbocycles. The number of hydrogen-bond acceptors (Lipinski definition) is 1. The maximum atomic E-state index is 10.8. The van der Waals surface area contributed by atoms with Gasteiger partial charge in [-0.05, 0) is 19.3 Å². The van der Waals surface area contributed by atoms with Crippen LogP contribution in [0, 0.1) is 5.92 Å². The molecule has 0 unspecified atom stereocenters. The van der Waals surface area contributed by atoms with Crippen molar-refractivity contribution in [2.75, 3.05) is 0 Å². The van der Waals surface area contributed by atoms with Crippen LogP contribution in [0.15, 0.2) is 11.1 Å². The van der Waals surface area contributed by atoms with E-state index in [4.69, 9.17) is 5.11 Å². The van der Waals surface area contributed by atoms with E-state index < -0.39 is 5.97 Å². The number of allylic oxidation sites excluding steroid dienone is 1. The fraction of sp³-hybridized carbons (Fsp3) is 0.700. The smallest absolute Gasteiger partial charge is 0.331 e. The van der Waals surface area contributed by atoms with Gasteiger partial charge in [-0.25, -0.2) is 4.79 Å². The van der Waals surface area contributed by atoms with Crippen LogP contribution in [0.3, 0.4) is 0 Å². The summed E-state index contributed by atoms with van der Waals surface area (Å²) in [6.07, 6.45) is 1.90. The minimum Gasteiger partial charge on any atom is -0.478 e. The third-order valence-corrected chi connectivity index (χ3v) is 1.89. The van der Waals surface area contributed by atoms with Crippen LogP contribution in [0.4, 0.5) is 0 Å². The standard InChI is InChI=1S/C10H18O2/c1-5-6-8(4)9(7(2)3)10(11)12/h7H,5-6H2,1-4H3,(H,11,12). The van der Waals surface area contributed by atoms with Gasteiger partial charge in [-0.1, -0.05) is 32.8 Å². The fourth-order valence-corrected chi connectivity index (χ4v) is 1.43. The highest BCUT2D eigenvalue weighted by Crippen LogP contribution is 2.18. The average Bonchev–Trinajstić information content (AvgIpc) is 1.85. The zero-order valence-corrected chi connectivity index (χ0v) is 8.35. The van der Waals surface area contributed by atoms with E-state index in [1.165, 1.54) is 0 Å². The molecule has 70 valence electrons. The predicted molar refractivity (Wildman–Crippen MR) is 50.1 cm³/mol. The van der Waals surface area contributed by atoms with Gasteiger partial charge in [-0.15, -0.1) is 0 Å². The molecule has 0 aromatic carbocycles. The summed E-state index contributed by atoms with van der Waals surface area (Å²) in [5.74, 6) is -0.648. The van der Waals surface area contributed by atoms with Crippen molar-refractivity contribution < 1.29 is 9.90 Å². The van der Waals surface area contributed by atoms with Crippen molar-refractivity contribution in [1.82, 2.24) is 0 Å². The molecule has 0 saturated heterocycles. The average molecular weight is 170 g/mol. The number of rotatable bonds is 4. The van der Waals surface area contributed by atoms with Gasteiger partial charge in [-0.2, -0.15) is 0 Å². The van der Waals surface area contributed by atoms with Gasteiger partial charge in [-0.3, -0.25) is 0 Å². The van der Waals surface area contributed by atoms with Gasteiger partial charge < -0.3 is 5.11 Å². The Bertz CT molecular complexity index is 190. The summed E-state index contributed by atoms with van der Waals surface area (Å²) < 4.78 is 0. The third-order valence-electron chi connectivity index (χ3n) is 1.89. The van der Waals surface area contributed by atoms with Gasteiger partial charge in [0.2, 0.25) is 0 Å². The summed E-state index contributed by atoms with van der Waals surface area (Å²) in [4.78, 5) is 10.8. The van der Waals surface area contributed by atoms with Gasteiger partial charge in [0, 0.05) is 5.57 Å². The molecule has 0 aromatic heterocycles. The molecule has 0 rings (SSSR count). The second-order valence-electron chi connectivity index (χ2n) is 3.40. The van der Waals surface area contributed by atoms with E-state index in [9.17, 15) is 4.79 Å². The number of carbonyl (C=O) groups is 1. The molecular weight excluding hydrogens is 152 g/mol. The zero-order valence-electron chi connectivity index (χ0n) is 8.35. The molecule has 0 aliphatic heterocycles. The van der Waals surface area contributed by atoms with Crippen molar-refractivity contribution in [2.45, 2.75) is 40.5 Å². The first kappa shape index (κ1) is 11.2. The Hall–Kier alpha value is -0.790. The molecule has 2 heteroatoms. The normalized spacial score (nSPS) is 13.1. The summed E-state index contributed by atoms with van der Waals surface area (Å²) in [6, 6.07) is 0. The summed E-state index contributed by atoms with van der Waals surface area (Å²) in [7, 11) is 0. The highest BCUT2D eigenvalue weighted by Gasteiger charge is 2.14. The van der Waals surface area contributed by atoms with E-state index in [-0.39, 0.29) is 5.92 Å². The summed E-state index contributed by atoms with van der Waals surface area (Å²) >= 11 is 0. The molecule has 0 aliphatic rings. The van der Waals surface area contributed by atoms with Crippen LogP contribution >= 0.6 is 0 Å². The first-order valence-corrected chi connectivity index (χ1v) is 4.43. The van der Waals surface area contributed by atoms with Gasteiger partial charge in [0.1, 0.15) is 0 Å². The van der Waals surface area contributed by atoms with Crippen molar-refractivity contribution in [2.24, 2.45) is 5.92 Å². The molecule has 0 heterocycles. The summed E-state index contributed by atoms with van der Waals surface area (Å²) in [5.41, 5.74) is 1.59. The number of hydrogen-bond donors (Lipinski definition) is 1. The summed E-state index contributed by atoms with van der Waals surface area (Å²) in [5, 5.41) is 8.88. The Morgan fingerprint density at radius 2 is 1.92 bits per heavy atom. The Balaban J connectivity index is 4.68. The Morgan fingerprint density at radius 1 is 1.42 bits per heavy atom. The number of carboxylic acid groups (broad SMARTS) is 1. The van der Waals surface area contributed by atoms with Crippen LogP contribution in [0.1, 0.15) is 40.5 Å². The van der Waals surface area contributed by atoms with Crippen LogP contribution in [-0.4, -0.2) is 11.1 Å². The third kappa shape index (κ3) is 3.07. The van der Waals surface area contributed by atoms with Crippen molar-refractivity contribution >= 4 is 5.97 Å². The SMILES string of the molecule is CCCC(C)=C(C(=O)O)C(C)C. The minimum atomic E-state index is -0.768. The van der Waals surface area contributed by atoms with Gasteiger partial charge in [0.05, 0.1) is 0 Å². The molecule has 12 heavy (non-hydrogen) atoms. The van der Waals surface area contributed by atoms with Crippen LogP contribution < -0.4 is 0 Å². The Labute approximate surface area is 74.3 Å². The predicted octanol–water partition coefficient (Wildman–Crippen LogP) is 2.84. The molecule has 0 radical (unpaired) electrons. The lowest BCUT2D eigenvalue weighted by atomic mass is 9.96. The van der Waals surface area contributed by atoms with Crippen molar-refractivity contribution in [3.63, 3.8) is 0 Å². The molecule has 0 bridgehead atoms. The van der Waals surface area contributed by atoms with E-state index in [1.807, 2.05) is 20.8 Å². The maximum Gasteiger partial charge on any atom is 0.331 e. The summed E-state index contributed by atoms with van der Waals surface area (Å²) in [6.45, 7) is 7.81. The first-order chi connectivity index (χ1) is 5.50. The molecule has 0 atom stereocenters. The molecule has 2 nitrogen and oxygen atoms in total. The lowest BCUT2D eigenvalue weighted by Crippen LogP contribution is -2.09. The van der Waals surface area contributed by atoms with E-state index in [0.29, 0.717) is 5.57 Å². The molecule has 0 aromatic rings. The largest absolute Gasteiger partial charge is 0.478 e. The number of aliphatic carboxylic acids is 1. The van der Waals surface area contributed by atoms with Crippen molar-refractivity contribution in [1.29, 1.82) is 0 Å². The Kier molecular flexibility index (Phi) is 4.64. The van der Waals surface area contributed by atoms with Crippen LogP contribution in [0.5, 0.6) is 0 Å². The second kappa shape index (κ2) is 4.96. The van der Waals surface area contributed by atoms with Crippen LogP contribution in [-0.2, 0) is 4.79 Å². The second-order valence-corrected chi connectivity index (χ2v) is 3.40. The lowest BCUT2D eigenvalue weighted by Gasteiger charge is -2.10. The van der Waals surface area contributed by atoms with E-state index in [2.05, 4.69) is 6.92 Å². The first-order valence-electron chi connectivity index (χ1n) is 4.43. The fourth-order valence-electron chi connectivity index (χ4n) is 1.43. The highest BCUT2D eigenvalue weighted by molar-refractivity contribution is 5.87. The molecule has 1 N–H and O–H groups in total. The molecule has 0 fully saturated rings. The Morgan fingerprint density at radius 3 is 2.17 bits per heavy atom. The van der Waals surface area contributed by atoms with E-state index >= 15 is 0 Å². The molecule has 0 saturated carbocycles. The van der Waals surface area contributed by atoms with Gasteiger partial charge >= 0.3 is 5.97 Å². The van der Waals surface area contributed by atoms with Crippen LogP contribution in [0.25, 0.3) is 0 Å². The maximum absolute atomic E-state index is 10.8.